The Morgan fingerprint density at radius 1 is 0.513 bits per heavy atom. The van der Waals surface area contributed by atoms with Crippen LogP contribution >= 0.6 is 11.8 Å². The summed E-state index contributed by atoms with van der Waals surface area (Å²) < 4.78 is 55.5. The first-order valence-corrected chi connectivity index (χ1v) is 14.8. The lowest BCUT2D eigenvalue weighted by molar-refractivity contribution is 0.0686. The Hall–Kier alpha value is -4.33. The maximum absolute atomic E-state index is 12.7. The summed E-state index contributed by atoms with van der Waals surface area (Å²) in [5, 5.41) is 17.9. The molecule has 0 aliphatic heterocycles. The van der Waals surface area contributed by atoms with E-state index in [0.717, 1.165) is 0 Å². The number of carbonyl (C=O) groups is 2. The lowest BCUT2D eigenvalue weighted by Gasteiger charge is -2.10. The van der Waals surface area contributed by atoms with Crippen molar-refractivity contribution >= 4 is 55.1 Å². The van der Waals surface area contributed by atoms with Crippen LogP contribution in [0.5, 0.6) is 0 Å². The Morgan fingerprint density at radius 2 is 0.821 bits per heavy atom. The lowest BCUT2D eigenvalue weighted by Crippen LogP contribution is -2.13. The van der Waals surface area contributed by atoms with Gasteiger partial charge in [-0.1, -0.05) is 11.8 Å². The second-order valence-corrected chi connectivity index (χ2v) is 12.5. The zero-order valence-electron chi connectivity index (χ0n) is 19.8. The minimum atomic E-state index is -3.90. The van der Waals surface area contributed by atoms with Gasteiger partial charge in [0, 0.05) is 21.2 Å². The van der Waals surface area contributed by atoms with Crippen LogP contribution < -0.4 is 9.44 Å². The monoisotopic (exact) mass is 584 g/mol. The number of nitrogens with one attached hydrogen (secondary N) is 2. The summed E-state index contributed by atoms with van der Waals surface area (Å²) >= 11 is 1.30. The molecule has 0 aliphatic carbocycles. The fraction of sp³-hybridized carbons (Fsp3) is 0. The minimum absolute atomic E-state index is 0.0121. The van der Waals surface area contributed by atoms with Crippen molar-refractivity contribution in [1.29, 1.82) is 0 Å². The molecule has 0 unspecified atom stereocenters. The first-order chi connectivity index (χ1) is 18.4. The van der Waals surface area contributed by atoms with E-state index >= 15 is 0 Å². The largest absolute Gasteiger partial charge is 0.478 e. The van der Waals surface area contributed by atoms with Crippen LogP contribution in [-0.4, -0.2) is 39.0 Å². The van der Waals surface area contributed by atoms with Crippen LogP contribution in [0.4, 0.5) is 11.4 Å². The zero-order chi connectivity index (χ0) is 28.2. The van der Waals surface area contributed by atoms with Gasteiger partial charge in [-0.15, -0.1) is 0 Å². The van der Waals surface area contributed by atoms with Crippen LogP contribution in [0, 0.1) is 0 Å². The van der Waals surface area contributed by atoms with Gasteiger partial charge in [-0.2, -0.15) is 0 Å². The predicted molar refractivity (Wildman–Crippen MR) is 145 cm³/mol. The molecule has 0 heterocycles. The molecule has 0 aromatic heterocycles. The van der Waals surface area contributed by atoms with Crippen molar-refractivity contribution in [1.82, 2.24) is 0 Å². The predicted octanol–water partition coefficient (Wildman–Crippen LogP) is 4.84. The first kappa shape index (κ1) is 27.7. The molecular weight excluding hydrogens is 564 g/mol. The van der Waals surface area contributed by atoms with Gasteiger partial charge in [-0.3, -0.25) is 9.44 Å². The van der Waals surface area contributed by atoms with Crippen molar-refractivity contribution in [2.75, 3.05) is 9.44 Å². The van der Waals surface area contributed by atoms with E-state index in [1.807, 2.05) is 0 Å². The second-order valence-electron chi connectivity index (χ2n) is 8.02. The van der Waals surface area contributed by atoms with Gasteiger partial charge in [-0.05, 0) is 97.1 Å². The van der Waals surface area contributed by atoms with E-state index in [9.17, 15) is 26.4 Å². The average Bonchev–Trinajstić information content (AvgIpc) is 2.89. The molecule has 4 rings (SSSR count). The summed E-state index contributed by atoms with van der Waals surface area (Å²) in [7, 11) is -7.80. The van der Waals surface area contributed by atoms with Crippen molar-refractivity contribution in [2.45, 2.75) is 19.6 Å². The van der Waals surface area contributed by atoms with Crippen molar-refractivity contribution < 1.29 is 36.6 Å². The summed E-state index contributed by atoms with van der Waals surface area (Å²) in [6, 6.07) is 22.8. The molecule has 0 radical (unpaired) electrons. The number of carboxylic acid groups (broad SMARTS) is 2. The number of benzene rings is 4. The number of sulfonamides is 2. The van der Waals surface area contributed by atoms with E-state index in [1.165, 1.54) is 84.6 Å². The van der Waals surface area contributed by atoms with Crippen LogP contribution in [0.15, 0.2) is 117 Å². The molecule has 4 aromatic carbocycles. The number of hydrogen-bond acceptors (Lipinski definition) is 7. The van der Waals surface area contributed by atoms with Crippen molar-refractivity contribution in [2.24, 2.45) is 0 Å². The Morgan fingerprint density at radius 3 is 1.10 bits per heavy atom. The number of anilines is 2. The third kappa shape index (κ3) is 6.96. The minimum Gasteiger partial charge on any atom is -0.478 e. The van der Waals surface area contributed by atoms with Crippen molar-refractivity contribution in [3.05, 3.63) is 108 Å². The smallest absolute Gasteiger partial charge is 0.335 e. The Bertz CT molecular complexity index is 1590. The molecule has 39 heavy (non-hydrogen) atoms. The van der Waals surface area contributed by atoms with Crippen LogP contribution in [-0.2, 0) is 20.0 Å². The molecule has 0 bridgehead atoms. The molecular formula is C26H20N2O8S3. The van der Waals surface area contributed by atoms with E-state index < -0.39 is 32.0 Å². The van der Waals surface area contributed by atoms with Gasteiger partial charge in [0.2, 0.25) is 0 Å². The van der Waals surface area contributed by atoms with Crippen LogP contribution in [0.1, 0.15) is 20.7 Å². The maximum atomic E-state index is 12.7. The Labute approximate surface area is 228 Å². The summed E-state index contributed by atoms with van der Waals surface area (Å²) in [5.41, 5.74) is 0.516. The van der Waals surface area contributed by atoms with Crippen LogP contribution in [0.25, 0.3) is 0 Å². The van der Waals surface area contributed by atoms with Gasteiger partial charge >= 0.3 is 11.9 Å². The van der Waals surface area contributed by atoms with E-state index in [4.69, 9.17) is 10.2 Å². The fourth-order valence-corrected chi connectivity index (χ4v) is 6.23. The second kappa shape index (κ2) is 11.2. The van der Waals surface area contributed by atoms with Gasteiger partial charge in [0.05, 0.1) is 20.9 Å². The standard InChI is InChI=1S/C26H20N2O8S3/c29-25(30)17-1-5-19(6-2-17)27-38(33,34)23-13-9-21(10-14-23)37-22-11-15-24(16-12-22)39(35,36)28-20-7-3-18(4-8-20)26(31)32/h1-16,27-28H,(H,29,30)(H,31,32). The highest BCUT2D eigenvalue weighted by Gasteiger charge is 2.16. The molecule has 0 atom stereocenters. The maximum Gasteiger partial charge on any atom is 0.335 e. The normalized spacial score (nSPS) is 11.5. The molecule has 0 fully saturated rings. The summed E-state index contributed by atoms with van der Waals surface area (Å²) in [4.78, 5) is 23.4. The fourth-order valence-electron chi connectivity index (χ4n) is 3.30. The van der Waals surface area contributed by atoms with E-state index in [0.29, 0.717) is 9.79 Å². The molecule has 4 N–H and O–H groups in total. The van der Waals surface area contributed by atoms with Crippen LogP contribution in [0.3, 0.4) is 0 Å². The molecule has 0 amide bonds. The SMILES string of the molecule is O=C(O)c1ccc(NS(=O)(=O)c2ccc(Sc3ccc(S(=O)(=O)Nc4ccc(C(=O)O)cc4)cc3)cc2)cc1. The van der Waals surface area contributed by atoms with Gasteiger partial charge in [-0.25, -0.2) is 26.4 Å². The van der Waals surface area contributed by atoms with Gasteiger partial charge < -0.3 is 10.2 Å². The number of carboxylic acids is 2. The first-order valence-electron chi connectivity index (χ1n) is 11.0. The Balaban J connectivity index is 1.40. The number of aromatic carboxylic acids is 2. The summed E-state index contributed by atoms with van der Waals surface area (Å²) in [5.74, 6) is -2.23. The highest BCUT2D eigenvalue weighted by molar-refractivity contribution is 7.99. The summed E-state index contributed by atoms with van der Waals surface area (Å²) in [6.45, 7) is 0. The molecule has 0 saturated heterocycles. The van der Waals surface area contributed by atoms with Crippen LogP contribution in [0.2, 0.25) is 0 Å². The van der Waals surface area contributed by atoms with Gasteiger partial charge in [0.1, 0.15) is 0 Å². The highest BCUT2D eigenvalue weighted by Crippen LogP contribution is 2.30. The molecule has 200 valence electrons. The van der Waals surface area contributed by atoms with E-state index in [-0.39, 0.29) is 32.3 Å². The molecule has 4 aromatic rings. The van der Waals surface area contributed by atoms with Crippen molar-refractivity contribution in [3.63, 3.8) is 0 Å². The van der Waals surface area contributed by atoms with Gasteiger partial charge in [0.15, 0.2) is 0 Å². The molecule has 0 aliphatic rings. The molecule has 0 saturated carbocycles. The highest BCUT2D eigenvalue weighted by atomic mass is 32.2. The molecule has 0 spiro atoms. The third-order valence-electron chi connectivity index (χ3n) is 5.27. The third-order valence-corrected chi connectivity index (χ3v) is 9.08. The zero-order valence-corrected chi connectivity index (χ0v) is 22.3. The molecule has 10 nitrogen and oxygen atoms in total. The van der Waals surface area contributed by atoms with Crippen molar-refractivity contribution in [3.8, 4) is 0 Å². The summed E-state index contributed by atoms with van der Waals surface area (Å²) in [6.07, 6.45) is 0. The van der Waals surface area contributed by atoms with E-state index in [2.05, 4.69) is 9.44 Å². The average molecular weight is 585 g/mol. The molecule has 13 heteroatoms. The van der Waals surface area contributed by atoms with E-state index in [1.54, 1.807) is 24.3 Å². The lowest BCUT2D eigenvalue weighted by atomic mass is 10.2. The quantitative estimate of drug-likeness (QED) is 0.204. The number of hydrogen-bond donors (Lipinski definition) is 4. The Kier molecular flexibility index (Phi) is 7.95. The van der Waals surface area contributed by atoms with Gasteiger partial charge in [0.25, 0.3) is 20.0 Å². The number of rotatable bonds is 10. The topological polar surface area (TPSA) is 167 Å².